The minimum Gasteiger partial charge on any atom is -0.479 e. The maximum atomic E-state index is 13.8. The first-order valence-electron chi connectivity index (χ1n) is 8.16. The molecule has 2 rings (SSSR count). The fraction of sp³-hybridized carbons (Fsp3) is 0.158. The van der Waals surface area contributed by atoms with Gasteiger partial charge < -0.3 is 9.47 Å². The quantitative estimate of drug-likeness (QED) is 0.404. The highest BCUT2D eigenvalue weighted by Crippen LogP contribution is 2.33. The van der Waals surface area contributed by atoms with Crippen molar-refractivity contribution in [3.63, 3.8) is 0 Å². The van der Waals surface area contributed by atoms with Crippen LogP contribution in [-0.2, 0) is 9.53 Å². The van der Waals surface area contributed by atoms with Gasteiger partial charge in [0, 0.05) is 0 Å². The largest absolute Gasteiger partial charge is 0.479 e. The number of hydrazone groups is 1. The van der Waals surface area contributed by atoms with Crippen molar-refractivity contribution in [3.05, 3.63) is 62.9 Å². The van der Waals surface area contributed by atoms with Crippen LogP contribution in [0.25, 0.3) is 0 Å². The summed E-state index contributed by atoms with van der Waals surface area (Å²) in [6.07, 6.45) is 1.24. The van der Waals surface area contributed by atoms with Crippen LogP contribution < -0.4 is 10.2 Å². The molecule has 0 saturated carbocycles. The van der Waals surface area contributed by atoms with Gasteiger partial charge in [-0.05, 0) is 42.8 Å². The zero-order valence-electron chi connectivity index (χ0n) is 15.0. The monoisotopic (exact) mass is 437 g/mol. The van der Waals surface area contributed by atoms with Gasteiger partial charge in [0.1, 0.15) is 5.82 Å². The Bertz CT molecular complexity index is 982. The van der Waals surface area contributed by atoms with Crippen LogP contribution in [-0.4, -0.2) is 31.3 Å². The summed E-state index contributed by atoms with van der Waals surface area (Å²) in [5.74, 6) is -2.11. The summed E-state index contributed by atoms with van der Waals surface area (Å²) < 4.78 is 23.8. The van der Waals surface area contributed by atoms with Gasteiger partial charge in [-0.15, -0.1) is 0 Å². The predicted octanol–water partition coefficient (Wildman–Crippen LogP) is 3.71. The molecule has 0 aliphatic heterocycles. The van der Waals surface area contributed by atoms with E-state index in [0.29, 0.717) is 5.56 Å². The number of nitrogens with one attached hydrogen (secondary N) is 1. The number of nitrogens with zero attached hydrogens (tertiary/aromatic N) is 2. The lowest BCUT2D eigenvalue weighted by Gasteiger charge is -2.10. The van der Waals surface area contributed by atoms with E-state index in [1.54, 1.807) is 13.0 Å². The lowest BCUT2D eigenvalue weighted by atomic mass is 10.1. The number of benzene rings is 2. The van der Waals surface area contributed by atoms with Crippen LogP contribution in [0.2, 0.25) is 10.0 Å². The minimum atomic E-state index is -0.842. The van der Waals surface area contributed by atoms with Crippen molar-refractivity contribution in [2.24, 2.45) is 5.10 Å². The van der Waals surface area contributed by atoms with Gasteiger partial charge in [-0.25, -0.2) is 14.6 Å². The summed E-state index contributed by atoms with van der Waals surface area (Å²) in [7, 11) is 0. The summed E-state index contributed by atoms with van der Waals surface area (Å²) in [6.45, 7) is 1.53. The average molecular weight is 438 g/mol. The van der Waals surface area contributed by atoms with Crippen molar-refractivity contribution in [2.75, 3.05) is 13.2 Å². The summed E-state index contributed by atoms with van der Waals surface area (Å²) in [5, 5.41) is 12.7. The van der Waals surface area contributed by atoms with Crippen LogP contribution in [0.1, 0.15) is 28.4 Å². The van der Waals surface area contributed by atoms with Gasteiger partial charge in [0.05, 0.1) is 40.1 Å². The SMILES string of the molecule is CCOC(=O)COc1c(Cl)cc(/C=N\NC(=O)c2ccc(C#N)cc2F)cc1Cl. The number of amides is 1. The van der Waals surface area contributed by atoms with E-state index in [9.17, 15) is 14.0 Å². The number of halogens is 3. The number of ether oxygens (including phenoxy) is 2. The number of hydrogen-bond acceptors (Lipinski definition) is 6. The Morgan fingerprint density at radius 2 is 1.97 bits per heavy atom. The molecule has 2 aromatic rings. The second-order valence-corrected chi connectivity index (χ2v) is 6.23. The molecular formula is C19H14Cl2FN3O4. The molecule has 0 heterocycles. The lowest BCUT2D eigenvalue weighted by Crippen LogP contribution is -2.19. The molecule has 10 heteroatoms. The first-order chi connectivity index (χ1) is 13.8. The molecule has 1 amide bonds. The second kappa shape index (κ2) is 10.4. The zero-order valence-corrected chi connectivity index (χ0v) is 16.6. The Morgan fingerprint density at radius 3 is 2.55 bits per heavy atom. The van der Waals surface area contributed by atoms with Crippen LogP contribution in [0.3, 0.4) is 0 Å². The maximum Gasteiger partial charge on any atom is 0.344 e. The number of carbonyl (C=O) groups is 2. The topological polar surface area (TPSA) is 101 Å². The zero-order chi connectivity index (χ0) is 21.4. The Labute approximate surface area is 175 Å². The number of carbonyl (C=O) groups excluding carboxylic acids is 2. The minimum absolute atomic E-state index is 0.0945. The van der Waals surface area contributed by atoms with E-state index in [0.717, 1.165) is 6.07 Å². The Kier molecular flexibility index (Phi) is 7.95. The summed E-state index contributed by atoms with van der Waals surface area (Å²) >= 11 is 12.2. The van der Waals surface area contributed by atoms with E-state index in [2.05, 4.69) is 10.5 Å². The van der Waals surface area contributed by atoms with E-state index >= 15 is 0 Å². The molecule has 0 spiro atoms. The molecule has 1 N–H and O–H groups in total. The third kappa shape index (κ3) is 6.17. The van der Waals surface area contributed by atoms with Crippen LogP contribution in [0.5, 0.6) is 5.75 Å². The number of rotatable bonds is 7. The number of hydrogen-bond donors (Lipinski definition) is 1. The molecule has 0 atom stereocenters. The molecule has 150 valence electrons. The highest BCUT2D eigenvalue weighted by atomic mass is 35.5. The van der Waals surface area contributed by atoms with Gasteiger partial charge in [-0.2, -0.15) is 10.4 Å². The van der Waals surface area contributed by atoms with Gasteiger partial charge in [0.15, 0.2) is 12.4 Å². The Morgan fingerprint density at radius 1 is 1.28 bits per heavy atom. The lowest BCUT2D eigenvalue weighted by molar-refractivity contribution is -0.145. The number of esters is 1. The van der Waals surface area contributed by atoms with E-state index in [4.69, 9.17) is 37.9 Å². The first-order valence-corrected chi connectivity index (χ1v) is 8.91. The van der Waals surface area contributed by atoms with Crippen molar-refractivity contribution < 1.29 is 23.5 Å². The molecule has 0 saturated heterocycles. The van der Waals surface area contributed by atoms with Crippen molar-refractivity contribution in [2.45, 2.75) is 6.92 Å². The molecule has 29 heavy (non-hydrogen) atoms. The molecule has 2 aromatic carbocycles. The van der Waals surface area contributed by atoms with Gasteiger partial charge in [0.25, 0.3) is 5.91 Å². The van der Waals surface area contributed by atoms with E-state index in [1.165, 1.54) is 30.5 Å². The average Bonchev–Trinajstić information content (AvgIpc) is 2.67. The molecule has 0 radical (unpaired) electrons. The molecule has 0 bridgehead atoms. The van der Waals surface area contributed by atoms with E-state index < -0.39 is 17.7 Å². The molecule has 0 aliphatic rings. The highest BCUT2D eigenvalue weighted by molar-refractivity contribution is 6.37. The van der Waals surface area contributed by atoms with Crippen molar-refractivity contribution in [1.29, 1.82) is 5.26 Å². The second-order valence-electron chi connectivity index (χ2n) is 5.41. The summed E-state index contributed by atoms with van der Waals surface area (Å²) in [6, 6.07) is 8.12. The van der Waals surface area contributed by atoms with Gasteiger partial charge in [-0.1, -0.05) is 23.2 Å². The first kappa shape index (κ1) is 22.1. The normalized spacial score (nSPS) is 10.4. The summed E-state index contributed by atoms with van der Waals surface area (Å²) in [4.78, 5) is 23.3. The molecular weight excluding hydrogens is 424 g/mol. The standard InChI is InChI=1S/C19H14Cl2FN3O4/c1-2-28-17(26)10-29-18-14(20)5-12(6-15(18)21)9-24-25-19(27)13-4-3-11(8-23)7-16(13)22/h3-7,9H,2,10H2,1H3,(H,25,27)/b24-9-. The third-order valence-electron chi connectivity index (χ3n) is 3.38. The van der Waals surface area contributed by atoms with Gasteiger partial charge in [0.2, 0.25) is 0 Å². The third-order valence-corrected chi connectivity index (χ3v) is 3.94. The highest BCUT2D eigenvalue weighted by Gasteiger charge is 2.13. The Balaban J connectivity index is 2.04. The smallest absolute Gasteiger partial charge is 0.344 e. The van der Waals surface area contributed by atoms with Gasteiger partial charge in [-0.3, -0.25) is 4.79 Å². The van der Waals surface area contributed by atoms with Crippen molar-refractivity contribution >= 4 is 41.3 Å². The van der Waals surface area contributed by atoms with Gasteiger partial charge >= 0.3 is 5.97 Å². The number of nitriles is 1. The van der Waals surface area contributed by atoms with Crippen LogP contribution in [0, 0.1) is 17.1 Å². The van der Waals surface area contributed by atoms with Crippen molar-refractivity contribution in [3.8, 4) is 11.8 Å². The molecule has 0 unspecified atom stereocenters. The molecule has 0 aliphatic carbocycles. The summed E-state index contributed by atoms with van der Waals surface area (Å²) in [5.41, 5.74) is 2.41. The maximum absolute atomic E-state index is 13.8. The fourth-order valence-corrected chi connectivity index (χ4v) is 2.73. The van der Waals surface area contributed by atoms with Crippen molar-refractivity contribution in [1.82, 2.24) is 5.43 Å². The fourth-order valence-electron chi connectivity index (χ4n) is 2.12. The van der Waals surface area contributed by atoms with Crippen LogP contribution >= 0.6 is 23.2 Å². The van der Waals surface area contributed by atoms with Crippen LogP contribution in [0.4, 0.5) is 4.39 Å². The molecule has 7 nitrogen and oxygen atoms in total. The Hall–Kier alpha value is -3.15. The van der Waals surface area contributed by atoms with E-state index in [1.807, 2.05) is 0 Å². The predicted molar refractivity (Wildman–Crippen MR) is 105 cm³/mol. The molecule has 0 aromatic heterocycles. The van der Waals surface area contributed by atoms with E-state index in [-0.39, 0.29) is 40.1 Å². The van der Waals surface area contributed by atoms with Crippen LogP contribution in [0.15, 0.2) is 35.4 Å². The molecule has 0 fully saturated rings.